The number of rotatable bonds is 12. The summed E-state index contributed by atoms with van der Waals surface area (Å²) in [6.07, 6.45) is 2.68. The molecule has 5 nitrogen and oxygen atoms in total. The lowest BCUT2D eigenvalue weighted by atomic mass is 10.2. The third kappa shape index (κ3) is 7.34. The molecule has 1 atom stereocenters. The van der Waals surface area contributed by atoms with Crippen LogP contribution in [0.3, 0.4) is 0 Å². The SMILES string of the molecule is C=CN(Cc1ccccc1)C(C)CO[Si](CCCN)(OC)OC.Cl. The molecule has 0 aliphatic heterocycles. The predicted octanol–water partition coefficient (Wildman–Crippen LogP) is 3.04. The van der Waals surface area contributed by atoms with E-state index in [1.165, 1.54) is 5.56 Å². The minimum atomic E-state index is -2.62. The van der Waals surface area contributed by atoms with E-state index in [2.05, 4.69) is 30.5 Å². The molecule has 1 aromatic rings. The first-order valence-corrected chi connectivity index (χ1v) is 9.90. The number of nitrogens with two attached hydrogens (primary N) is 1. The van der Waals surface area contributed by atoms with Gasteiger partial charge in [-0.25, -0.2) is 0 Å². The number of nitrogens with zero attached hydrogens (tertiary/aromatic N) is 1. The molecular formula is C17H31ClN2O3Si. The Balaban J connectivity index is 0.00000529. The fourth-order valence-corrected chi connectivity index (χ4v) is 4.42. The second kappa shape index (κ2) is 12.5. The number of hydrogen-bond donors (Lipinski definition) is 1. The molecule has 0 saturated heterocycles. The van der Waals surface area contributed by atoms with E-state index in [9.17, 15) is 0 Å². The molecule has 0 fully saturated rings. The van der Waals surface area contributed by atoms with Crippen molar-refractivity contribution in [2.75, 3.05) is 27.4 Å². The summed E-state index contributed by atoms with van der Waals surface area (Å²) < 4.78 is 17.2. The molecule has 0 aliphatic carbocycles. The van der Waals surface area contributed by atoms with E-state index in [-0.39, 0.29) is 18.4 Å². The van der Waals surface area contributed by atoms with E-state index in [4.69, 9.17) is 19.0 Å². The minimum absolute atomic E-state index is 0. The molecule has 0 radical (unpaired) electrons. The molecule has 0 aliphatic rings. The summed E-state index contributed by atoms with van der Waals surface area (Å²) >= 11 is 0. The standard InChI is InChI=1S/C17H30N2O3Si.ClH/c1-5-19(14-17-10-7-6-8-11-17)16(2)15-22-23(20-3,21-4)13-9-12-18;/h5-8,10-11,16H,1,9,12-15,18H2,2-4H3;1H. The smallest absolute Gasteiger partial charge is 0.377 e. The normalized spacial score (nSPS) is 12.3. The third-order valence-corrected chi connectivity index (χ3v) is 6.68. The van der Waals surface area contributed by atoms with Gasteiger partial charge in [-0.3, -0.25) is 0 Å². The van der Waals surface area contributed by atoms with Crippen LogP contribution in [-0.4, -0.2) is 47.1 Å². The maximum atomic E-state index is 6.06. The van der Waals surface area contributed by atoms with Crippen LogP contribution in [-0.2, 0) is 19.8 Å². The highest BCUT2D eigenvalue weighted by molar-refractivity contribution is 6.60. The van der Waals surface area contributed by atoms with Crippen LogP contribution >= 0.6 is 12.4 Å². The Morgan fingerprint density at radius 1 is 1.25 bits per heavy atom. The molecule has 138 valence electrons. The Morgan fingerprint density at radius 2 is 1.88 bits per heavy atom. The second-order valence-electron chi connectivity index (χ2n) is 5.48. The third-order valence-electron chi connectivity index (χ3n) is 3.86. The first-order chi connectivity index (χ1) is 11.1. The molecule has 0 spiro atoms. The van der Waals surface area contributed by atoms with Crippen LogP contribution in [0.4, 0.5) is 0 Å². The summed E-state index contributed by atoms with van der Waals surface area (Å²) in [5, 5.41) is 0. The molecule has 24 heavy (non-hydrogen) atoms. The van der Waals surface area contributed by atoms with Crippen LogP contribution in [0, 0.1) is 0 Å². The Bertz CT molecular complexity index is 447. The van der Waals surface area contributed by atoms with Gasteiger partial charge >= 0.3 is 8.80 Å². The molecule has 1 rings (SSSR count). The second-order valence-corrected chi connectivity index (χ2v) is 8.46. The van der Waals surface area contributed by atoms with Gasteiger partial charge in [0.2, 0.25) is 0 Å². The summed E-state index contributed by atoms with van der Waals surface area (Å²) in [4.78, 5) is 2.16. The van der Waals surface area contributed by atoms with Crippen molar-refractivity contribution in [3.05, 3.63) is 48.7 Å². The van der Waals surface area contributed by atoms with Crippen LogP contribution in [0.15, 0.2) is 43.1 Å². The van der Waals surface area contributed by atoms with Gasteiger partial charge in [-0.1, -0.05) is 36.9 Å². The molecule has 0 bridgehead atoms. The zero-order chi connectivity index (χ0) is 17.1. The first-order valence-electron chi connectivity index (χ1n) is 7.97. The Labute approximate surface area is 153 Å². The lowest BCUT2D eigenvalue weighted by Gasteiger charge is -2.32. The molecule has 2 N–H and O–H groups in total. The van der Waals surface area contributed by atoms with Crippen molar-refractivity contribution < 1.29 is 13.3 Å². The summed E-state index contributed by atoms with van der Waals surface area (Å²) in [5.74, 6) is 0. The zero-order valence-electron chi connectivity index (χ0n) is 14.9. The topological polar surface area (TPSA) is 57.0 Å². The lowest BCUT2D eigenvalue weighted by molar-refractivity contribution is 0.0726. The van der Waals surface area contributed by atoms with E-state index in [1.807, 2.05) is 24.4 Å². The maximum Gasteiger partial charge on any atom is 0.500 e. The Kier molecular flexibility index (Phi) is 12.0. The van der Waals surface area contributed by atoms with Gasteiger partial charge in [0.05, 0.1) is 6.61 Å². The van der Waals surface area contributed by atoms with Crippen molar-refractivity contribution in [1.82, 2.24) is 4.90 Å². The fraction of sp³-hybridized carbons (Fsp3) is 0.529. The van der Waals surface area contributed by atoms with E-state index in [0.29, 0.717) is 13.2 Å². The van der Waals surface area contributed by atoms with Gasteiger partial charge in [0.1, 0.15) is 0 Å². The molecule has 0 heterocycles. The lowest BCUT2D eigenvalue weighted by Crippen LogP contribution is -2.47. The maximum absolute atomic E-state index is 6.06. The summed E-state index contributed by atoms with van der Waals surface area (Å²) in [7, 11) is 0.671. The highest BCUT2D eigenvalue weighted by Gasteiger charge is 2.38. The van der Waals surface area contributed by atoms with Gasteiger partial charge in [0.15, 0.2) is 0 Å². The largest absolute Gasteiger partial charge is 0.500 e. The molecule has 0 amide bonds. The van der Waals surface area contributed by atoms with Crippen LogP contribution in [0.5, 0.6) is 0 Å². The van der Waals surface area contributed by atoms with E-state index >= 15 is 0 Å². The van der Waals surface area contributed by atoms with Crippen LogP contribution in [0.2, 0.25) is 6.04 Å². The molecular weight excluding hydrogens is 344 g/mol. The van der Waals surface area contributed by atoms with Gasteiger partial charge in [0, 0.05) is 32.9 Å². The highest BCUT2D eigenvalue weighted by atomic mass is 35.5. The van der Waals surface area contributed by atoms with Crippen molar-refractivity contribution in [3.8, 4) is 0 Å². The number of hydrogen-bond acceptors (Lipinski definition) is 5. The molecule has 7 heteroatoms. The van der Waals surface area contributed by atoms with Crippen molar-refractivity contribution in [2.24, 2.45) is 5.73 Å². The van der Waals surface area contributed by atoms with E-state index < -0.39 is 8.80 Å². The minimum Gasteiger partial charge on any atom is -0.377 e. The van der Waals surface area contributed by atoms with E-state index in [1.54, 1.807) is 14.2 Å². The molecule has 1 unspecified atom stereocenters. The van der Waals surface area contributed by atoms with Crippen molar-refractivity contribution in [1.29, 1.82) is 0 Å². The monoisotopic (exact) mass is 374 g/mol. The molecule has 0 aromatic heterocycles. The van der Waals surface area contributed by atoms with Gasteiger partial charge in [-0.05, 0) is 31.7 Å². The summed E-state index contributed by atoms with van der Waals surface area (Å²) in [6.45, 7) is 7.95. The van der Waals surface area contributed by atoms with Gasteiger partial charge in [-0.15, -0.1) is 12.4 Å². The van der Waals surface area contributed by atoms with Gasteiger partial charge < -0.3 is 23.9 Å². The molecule has 1 aromatic carbocycles. The number of benzene rings is 1. The van der Waals surface area contributed by atoms with Crippen molar-refractivity contribution in [2.45, 2.75) is 32.0 Å². The molecule has 0 saturated carbocycles. The Morgan fingerprint density at radius 3 is 2.38 bits per heavy atom. The fourth-order valence-electron chi connectivity index (χ4n) is 2.33. The zero-order valence-corrected chi connectivity index (χ0v) is 16.8. The average Bonchev–Trinajstić information content (AvgIpc) is 2.61. The quantitative estimate of drug-likeness (QED) is 0.570. The van der Waals surface area contributed by atoms with Crippen molar-refractivity contribution >= 4 is 21.2 Å². The summed E-state index contributed by atoms with van der Waals surface area (Å²) in [6, 6.07) is 11.2. The predicted molar refractivity (Wildman–Crippen MR) is 103 cm³/mol. The first kappa shape index (κ1) is 23.1. The van der Waals surface area contributed by atoms with Crippen LogP contribution in [0.25, 0.3) is 0 Å². The van der Waals surface area contributed by atoms with E-state index in [0.717, 1.165) is 19.0 Å². The number of halogens is 1. The Hall–Kier alpha value is -0.893. The summed E-state index contributed by atoms with van der Waals surface area (Å²) in [5.41, 5.74) is 6.83. The van der Waals surface area contributed by atoms with Crippen molar-refractivity contribution in [3.63, 3.8) is 0 Å². The van der Waals surface area contributed by atoms with Gasteiger partial charge in [0.25, 0.3) is 0 Å². The average molecular weight is 375 g/mol. The highest BCUT2D eigenvalue weighted by Crippen LogP contribution is 2.17. The van der Waals surface area contributed by atoms with Crippen LogP contribution in [0.1, 0.15) is 18.9 Å². The van der Waals surface area contributed by atoms with Crippen LogP contribution < -0.4 is 5.73 Å². The van der Waals surface area contributed by atoms with Gasteiger partial charge in [-0.2, -0.15) is 0 Å².